The van der Waals surface area contributed by atoms with E-state index < -0.39 is 15.7 Å². The zero-order valence-electron chi connectivity index (χ0n) is 16.2. The predicted molar refractivity (Wildman–Crippen MR) is 114 cm³/mol. The number of aromatic nitrogens is 1. The van der Waals surface area contributed by atoms with E-state index >= 15 is 0 Å². The van der Waals surface area contributed by atoms with E-state index in [0.29, 0.717) is 20.8 Å². The lowest BCUT2D eigenvalue weighted by Gasteiger charge is -2.09. The third-order valence-electron chi connectivity index (χ3n) is 4.00. The molecule has 3 rings (SSSR count). The summed E-state index contributed by atoms with van der Waals surface area (Å²) < 4.78 is 31.7. The molecule has 8 heteroatoms. The Kier molecular flexibility index (Phi) is 5.91. The number of sulfone groups is 1. The molecule has 0 aliphatic carbocycles. The van der Waals surface area contributed by atoms with Gasteiger partial charge in [0.1, 0.15) is 5.75 Å². The minimum Gasteiger partial charge on any atom is -0.491 e. The van der Waals surface area contributed by atoms with Gasteiger partial charge in [-0.2, -0.15) is 4.99 Å². The van der Waals surface area contributed by atoms with Crippen LogP contribution in [0.5, 0.6) is 5.75 Å². The van der Waals surface area contributed by atoms with Crippen LogP contribution in [0.1, 0.15) is 24.2 Å². The fraction of sp³-hybridized carbons (Fsp3) is 0.238. The number of carbonyl (C=O) groups is 1. The summed E-state index contributed by atoms with van der Waals surface area (Å²) in [5.41, 5.74) is 1.15. The molecule has 0 aliphatic rings. The second-order valence-electron chi connectivity index (χ2n) is 6.68. The fourth-order valence-electron chi connectivity index (χ4n) is 2.71. The first-order valence-electron chi connectivity index (χ1n) is 8.81. The van der Waals surface area contributed by atoms with Crippen LogP contribution in [-0.4, -0.2) is 31.3 Å². The SMILES string of the molecule is C#CCn1c(=NC(=O)c2ccc(OC(C)C)cc2)sc2cc(S(C)(=O)=O)ccc21. The van der Waals surface area contributed by atoms with Gasteiger partial charge in [-0.3, -0.25) is 4.79 Å². The van der Waals surface area contributed by atoms with E-state index in [9.17, 15) is 13.2 Å². The molecular weight excluding hydrogens is 408 g/mol. The number of nitrogens with zero attached hydrogens (tertiary/aromatic N) is 2. The van der Waals surface area contributed by atoms with Gasteiger partial charge in [0.15, 0.2) is 14.6 Å². The van der Waals surface area contributed by atoms with Crippen LogP contribution in [-0.2, 0) is 16.4 Å². The highest BCUT2D eigenvalue weighted by Gasteiger charge is 2.13. The fourth-order valence-corrected chi connectivity index (χ4v) is 4.50. The quantitative estimate of drug-likeness (QED) is 0.585. The largest absolute Gasteiger partial charge is 0.491 e. The molecule has 29 heavy (non-hydrogen) atoms. The second kappa shape index (κ2) is 8.23. The van der Waals surface area contributed by atoms with Crippen LogP contribution in [0, 0.1) is 12.3 Å². The van der Waals surface area contributed by atoms with Gasteiger partial charge in [-0.25, -0.2) is 8.42 Å². The van der Waals surface area contributed by atoms with Crippen molar-refractivity contribution in [2.24, 2.45) is 4.99 Å². The highest BCUT2D eigenvalue weighted by Crippen LogP contribution is 2.22. The van der Waals surface area contributed by atoms with E-state index in [2.05, 4.69) is 10.9 Å². The number of thiazole rings is 1. The average Bonchev–Trinajstić information content (AvgIpc) is 2.98. The first-order valence-corrected chi connectivity index (χ1v) is 11.5. The summed E-state index contributed by atoms with van der Waals surface area (Å²) in [5, 5.41) is 0. The summed E-state index contributed by atoms with van der Waals surface area (Å²) in [6.07, 6.45) is 6.67. The Morgan fingerprint density at radius 3 is 2.52 bits per heavy atom. The van der Waals surface area contributed by atoms with Crippen molar-refractivity contribution in [3.63, 3.8) is 0 Å². The first-order chi connectivity index (χ1) is 13.7. The van der Waals surface area contributed by atoms with Crippen molar-refractivity contribution in [3.8, 4) is 18.1 Å². The zero-order chi connectivity index (χ0) is 21.2. The molecule has 1 aromatic heterocycles. The molecule has 0 spiro atoms. The topological polar surface area (TPSA) is 77.7 Å². The molecule has 0 radical (unpaired) electrons. The minimum absolute atomic E-state index is 0.0411. The third kappa shape index (κ3) is 4.75. The smallest absolute Gasteiger partial charge is 0.279 e. The summed E-state index contributed by atoms with van der Waals surface area (Å²) in [7, 11) is -3.34. The number of benzene rings is 2. The molecule has 0 saturated carbocycles. The van der Waals surface area contributed by atoms with Gasteiger partial charge in [0.2, 0.25) is 0 Å². The summed E-state index contributed by atoms with van der Waals surface area (Å²) in [5.74, 6) is 2.81. The lowest BCUT2D eigenvalue weighted by Crippen LogP contribution is -2.16. The highest BCUT2D eigenvalue weighted by atomic mass is 32.2. The average molecular weight is 429 g/mol. The van der Waals surface area contributed by atoms with E-state index in [4.69, 9.17) is 11.2 Å². The Balaban J connectivity index is 2.05. The first kappa shape index (κ1) is 20.8. The van der Waals surface area contributed by atoms with Crippen LogP contribution in [0.3, 0.4) is 0 Å². The molecule has 0 saturated heterocycles. The molecule has 0 N–H and O–H groups in total. The van der Waals surface area contributed by atoms with Crippen LogP contribution >= 0.6 is 11.3 Å². The van der Waals surface area contributed by atoms with Crippen molar-refractivity contribution < 1.29 is 17.9 Å². The molecule has 3 aromatic rings. The number of carbonyl (C=O) groups excluding carboxylic acids is 1. The molecular formula is C21H20N2O4S2. The Labute approximate surface area is 173 Å². The molecule has 6 nitrogen and oxygen atoms in total. The number of amides is 1. The van der Waals surface area contributed by atoms with Gasteiger partial charge < -0.3 is 9.30 Å². The zero-order valence-corrected chi connectivity index (χ0v) is 17.9. The van der Waals surface area contributed by atoms with Gasteiger partial charge in [0, 0.05) is 11.8 Å². The van der Waals surface area contributed by atoms with Crippen molar-refractivity contribution in [2.75, 3.05) is 6.26 Å². The summed E-state index contributed by atoms with van der Waals surface area (Å²) in [4.78, 5) is 17.5. The standard InChI is InChI=1S/C21H20N2O4S2/c1-5-12-23-18-11-10-17(29(4,25)26)13-19(18)28-21(23)22-20(24)15-6-8-16(9-7-15)27-14(2)3/h1,6-11,13-14H,12H2,2-4H3. The Hall–Kier alpha value is -2.89. The molecule has 0 atom stereocenters. The third-order valence-corrected chi connectivity index (χ3v) is 6.15. The maximum atomic E-state index is 12.6. The normalized spacial score (nSPS) is 12.3. The lowest BCUT2D eigenvalue weighted by atomic mass is 10.2. The Morgan fingerprint density at radius 1 is 1.24 bits per heavy atom. The lowest BCUT2D eigenvalue weighted by molar-refractivity contribution is 0.0998. The molecule has 1 heterocycles. The van der Waals surface area contributed by atoms with Crippen molar-refractivity contribution in [1.82, 2.24) is 4.57 Å². The van der Waals surface area contributed by atoms with Gasteiger partial charge in [-0.15, -0.1) is 6.42 Å². The molecule has 150 valence electrons. The number of fused-ring (bicyclic) bond motifs is 1. The van der Waals surface area contributed by atoms with Crippen molar-refractivity contribution >= 4 is 37.3 Å². The number of hydrogen-bond donors (Lipinski definition) is 0. The van der Waals surface area contributed by atoms with Gasteiger partial charge in [0.05, 0.1) is 27.8 Å². The monoisotopic (exact) mass is 428 g/mol. The maximum absolute atomic E-state index is 12.6. The van der Waals surface area contributed by atoms with Crippen LogP contribution < -0.4 is 9.54 Å². The summed E-state index contributed by atoms with van der Waals surface area (Å²) in [6.45, 7) is 4.07. The number of rotatable bonds is 5. The Bertz CT molecular complexity index is 1270. The number of ether oxygens (including phenoxy) is 1. The Morgan fingerprint density at radius 2 is 1.93 bits per heavy atom. The van der Waals surface area contributed by atoms with Crippen LogP contribution in [0.25, 0.3) is 10.2 Å². The number of terminal acetylenes is 1. The summed E-state index contributed by atoms with van der Waals surface area (Å²) >= 11 is 1.22. The molecule has 0 unspecified atom stereocenters. The molecule has 1 amide bonds. The minimum atomic E-state index is -3.34. The van der Waals surface area contributed by atoms with E-state index in [1.807, 2.05) is 13.8 Å². The van der Waals surface area contributed by atoms with Gasteiger partial charge in [-0.1, -0.05) is 17.3 Å². The maximum Gasteiger partial charge on any atom is 0.279 e. The molecule has 0 aliphatic heterocycles. The van der Waals surface area contributed by atoms with Crippen LogP contribution in [0.4, 0.5) is 0 Å². The predicted octanol–water partition coefficient (Wildman–Crippen LogP) is 3.27. The van der Waals surface area contributed by atoms with Gasteiger partial charge in [-0.05, 0) is 56.3 Å². The van der Waals surface area contributed by atoms with Crippen LogP contribution in [0.2, 0.25) is 0 Å². The van der Waals surface area contributed by atoms with E-state index in [0.717, 1.165) is 11.8 Å². The van der Waals surface area contributed by atoms with Gasteiger partial charge in [0.25, 0.3) is 5.91 Å². The van der Waals surface area contributed by atoms with Crippen molar-refractivity contribution in [3.05, 3.63) is 52.8 Å². The van der Waals surface area contributed by atoms with E-state index in [-0.39, 0.29) is 17.5 Å². The molecule has 0 bridgehead atoms. The van der Waals surface area contributed by atoms with E-state index in [1.165, 1.54) is 17.4 Å². The summed E-state index contributed by atoms with van der Waals surface area (Å²) in [6, 6.07) is 11.5. The molecule has 0 fully saturated rings. The highest BCUT2D eigenvalue weighted by molar-refractivity contribution is 7.90. The second-order valence-corrected chi connectivity index (χ2v) is 9.71. The molecule has 2 aromatic carbocycles. The van der Waals surface area contributed by atoms with Crippen molar-refractivity contribution in [1.29, 1.82) is 0 Å². The van der Waals surface area contributed by atoms with Gasteiger partial charge >= 0.3 is 0 Å². The van der Waals surface area contributed by atoms with Crippen LogP contribution in [0.15, 0.2) is 52.4 Å². The number of hydrogen-bond acceptors (Lipinski definition) is 5. The van der Waals surface area contributed by atoms with E-state index in [1.54, 1.807) is 41.0 Å². The van der Waals surface area contributed by atoms with Crippen molar-refractivity contribution in [2.45, 2.75) is 31.4 Å².